The van der Waals surface area contributed by atoms with Crippen molar-refractivity contribution in [2.45, 2.75) is 25.9 Å². The fourth-order valence-corrected chi connectivity index (χ4v) is 1.75. The molecule has 2 heterocycles. The smallest absolute Gasteiger partial charge is 0.120 e. The van der Waals surface area contributed by atoms with Gasteiger partial charge in [-0.3, -0.25) is 4.68 Å². The molecule has 16 heavy (non-hydrogen) atoms. The van der Waals surface area contributed by atoms with Crippen LogP contribution in [0.4, 0.5) is 0 Å². The van der Waals surface area contributed by atoms with E-state index in [0.29, 0.717) is 0 Å². The summed E-state index contributed by atoms with van der Waals surface area (Å²) >= 11 is 0. The molecule has 0 saturated carbocycles. The summed E-state index contributed by atoms with van der Waals surface area (Å²) in [6.45, 7) is 4.21. The summed E-state index contributed by atoms with van der Waals surface area (Å²) in [7, 11) is 1.92. The molecule has 0 amide bonds. The van der Waals surface area contributed by atoms with E-state index in [-0.39, 0.29) is 12.1 Å². The van der Waals surface area contributed by atoms with E-state index in [1.807, 2.05) is 36.3 Å². The first-order valence-electron chi connectivity index (χ1n) is 5.45. The molecule has 0 bridgehead atoms. The highest BCUT2D eigenvalue weighted by Crippen LogP contribution is 2.18. The SMILES string of the molecule is CC(NC(C)c1ccco1)c1cnn(C)c1. The summed E-state index contributed by atoms with van der Waals surface area (Å²) in [5, 5.41) is 7.63. The number of aromatic nitrogens is 2. The number of aryl methyl sites for hydroxylation is 1. The summed E-state index contributed by atoms with van der Waals surface area (Å²) < 4.78 is 7.16. The Morgan fingerprint density at radius 1 is 1.38 bits per heavy atom. The lowest BCUT2D eigenvalue weighted by Crippen LogP contribution is -2.21. The number of hydrogen-bond acceptors (Lipinski definition) is 3. The zero-order chi connectivity index (χ0) is 11.5. The molecule has 0 aliphatic rings. The van der Waals surface area contributed by atoms with Crippen LogP contribution >= 0.6 is 0 Å². The fraction of sp³-hybridized carbons (Fsp3) is 0.417. The van der Waals surface area contributed by atoms with Gasteiger partial charge in [0.15, 0.2) is 0 Å². The largest absolute Gasteiger partial charge is 0.468 e. The van der Waals surface area contributed by atoms with Gasteiger partial charge in [0.2, 0.25) is 0 Å². The third kappa shape index (κ3) is 2.33. The fourth-order valence-electron chi connectivity index (χ4n) is 1.75. The molecule has 0 aliphatic carbocycles. The summed E-state index contributed by atoms with van der Waals surface area (Å²) in [5.74, 6) is 0.954. The molecule has 0 spiro atoms. The summed E-state index contributed by atoms with van der Waals surface area (Å²) in [6, 6.07) is 4.34. The van der Waals surface area contributed by atoms with Crippen molar-refractivity contribution in [3.8, 4) is 0 Å². The second-order valence-electron chi connectivity index (χ2n) is 4.07. The van der Waals surface area contributed by atoms with Crippen LogP contribution in [0.5, 0.6) is 0 Å². The second kappa shape index (κ2) is 4.53. The van der Waals surface area contributed by atoms with E-state index in [1.165, 1.54) is 5.56 Å². The van der Waals surface area contributed by atoms with Crippen LogP contribution in [0.15, 0.2) is 35.2 Å². The van der Waals surface area contributed by atoms with Gasteiger partial charge in [-0.1, -0.05) is 0 Å². The molecule has 2 rings (SSSR count). The van der Waals surface area contributed by atoms with Gasteiger partial charge < -0.3 is 9.73 Å². The van der Waals surface area contributed by atoms with Crippen molar-refractivity contribution in [2.75, 3.05) is 0 Å². The van der Waals surface area contributed by atoms with Gasteiger partial charge in [0, 0.05) is 24.8 Å². The van der Waals surface area contributed by atoms with Crippen molar-refractivity contribution in [3.05, 3.63) is 42.1 Å². The van der Waals surface area contributed by atoms with Crippen LogP contribution in [0, 0.1) is 0 Å². The second-order valence-corrected chi connectivity index (χ2v) is 4.07. The molecular formula is C12H17N3O. The highest BCUT2D eigenvalue weighted by atomic mass is 16.3. The molecule has 2 aromatic rings. The van der Waals surface area contributed by atoms with Gasteiger partial charge in [-0.25, -0.2) is 0 Å². The molecule has 0 saturated heterocycles. The van der Waals surface area contributed by atoms with E-state index in [1.54, 1.807) is 6.26 Å². The first-order valence-corrected chi connectivity index (χ1v) is 5.45. The average molecular weight is 219 g/mol. The lowest BCUT2D eigenvalue weighted by atomic mass is 10.1. The lowest BCUT2D eigenvalue weighted by molar-refractivity contribution is 0.403. The number of furan rings is 1. The molecule has 4 nitrogen and oxygen atoms in total. The Kier molecular flexibility index (Phi) is 3.10. The van der Waals surface area contributed by atoms with Gasteiger partial charge in [0.05, 0.1) is 18.5 Å². The van der Waals surface area contributed by atoms with Gasteiger partial charge in [-0.15, -0.1) is 0 Å². The Bertz CT molecular complexity index is 433. The van der Waals surface area contributed by atoms with Crippen molar-refractivity contribution in [2.24, 2.45) is 7.05 Å². The molecule has 0 radical (unpaired) electrons. The first-order chi connectivity index (χ1) is 7.66. The highest BCUT2D eigenvalue weighted by molar-refractivity contribution is 5.11. The number of rotatable bonds is 4. The minimum atomic E-state index is 0.199. The van der Waals surface area contributed by atoms with Crippen LogP contribution in [0.2, 0.25) is 0 Å². The van der Waals surface area contributed by atoms with E-state index >= 15 is 0 Å². The monoisotopic (exact) mass is 219 g/mol. The van der Waals surface area contributed by atoms with Gasteiger partial charge in [-0.05, 0) is 26.0 Å². The Morgan fingerprint density at radius 3 is 2.75 bits per heavy atom. The van der Waals surface area contributed by atoms with Gasteiger partial charge in [-0.2, -0.15) is 5.10 Å². The van der Waals surface area contributed by atoms with Crippen LogP contribution < -0.4 is 5.32 Å². The molecule has 1 N–H and O–H groups in total. The predicted molar refractivity (Wildman–Crippen MR) is 61.9 cm³/mol. The van der Waals surface area contributed by atoms with Crippen LogP contribution in [-0.2, 0) is 7.05 Å². The minimum absolute atomic E-state index is 0.199. The standard InChI is InChI=1S/C12H17N3O/c1-9(11-7-13-15(3)8-11)14-10(2)12-5-4-6-16-12/h4-10,14H,1-3H3. The highest BCUT2D eigenvalue weighted by Gasteiger charge is 2.13. The average Bonchev–Trinajstić information content (AvgIpc) is 2.87. The molecule has 2 aromatic heterocycles. The van der Waals surface area contributed by atoms with E-state index in [9.17, 15) is 0 Å². The van der Waals surface area contributed by atoms with Crippen molar-refractivity contribution < 1.29 is 4.42 Å². The van der Waals surface area contributed by atoms with Crippen molar-refractivity contribution in [1.29, 1.82) is 0 Å². The third-order valence-electron chi connectivity index (χ3n) is 2.69. The Morgan fingerprint density at radius 2 is 2.19 bits per heavy atom. The maximum absolute atomic E-state index is 5.35. The Labute approximate surface area is 95.3 Å². The van der Waals surface area contributed by atoms with Crippen molar-refractivity contribution >= 4 is 0 Å². The molecular weight excluding hydrogens is 202 g/mol. The maximum Gasteiger partial charge on any atom is 0.120 e. The van der Waals surface area contributed by atoms with E-state index < -0.39 is 0 Å². The molecule has 86 valence electrons. The van der Waals surface area contributed by atoms with Gasteiger partial charge >= 0.3 is 0 Å². The minimum Gasteiger partial charge on any atom is -0.468 e. The molecule has 2 unspecified atom stereocenters. The molecule has 4 heteroatoms. The van der Waals surface area contributed by atoms with Gasteiger partial charge in [0.1, 0.15) is 5.76 Å². The summed E-state index contributed by atoms with van der Waals surface area (Å²) in [6.07, 6.45) is 5.60. The van der Waals surface area contributed by atoms with Crippen LogP contribution in [-0.4, -0.2) is 9.78 Å². The summed E-state index contributed by atoms with van der Waals surface area (Å²) in [5.41, 5.74) is 1.18. The number of nitrogens with zero attached hydrogens (tertiary/aromatic N) is 2. The van der Waals surface area contributed by atoms with E-state index in [4.69, 9.17) is 4.42 Å². The van der Waals surface area contributed by atoms with Crippen LogP contribution in [0.3, 0.4) is 0 Å². The topological polar surface area (TPSA) is 43.0 Å². The summed E-state index contributed by atoms with van der Waals surface area (Å²) in [4.78, 5) is 0. The first kappa shape index (κ1) is 11.0. The van der Waals surface area contributed by atoms with Crippen molar-refractivity contribution in [1.82, 2.24) is 15.1 Å². The van der Waals surface area contributed by atoms with E-state index in [0.717, 1.165) is 5.76 Å². The quantitative estimate of drug-likeness (QED) is 0.858. The Hall–Kier alpha value is -1.55. The predicted octanol–water partition coefficient (Wildman–Crippen LogP) is 2.42. The maximum atomic E-state index is 5.35. The molecule has 0 aliphatic heterocycles. The van der Waals surface area contributed by atoms with Gasteiger partial charge in [0.25, 0.3) is 0 Å². The third-order valence-corrected chi connectivity index (χ3v) is 2.69. The molecule has 0 fully saturated rings. The lowest BCUT2D eigenvalue weighted by Gasteiger charge is -2.17. The van der Waals surface area contributed by atoms with Crippen LogP contribution in [0.25, 0.3) is 0 Å². The Balaban J connectivity index is 2.00. The number of hydrogen-bond donors (Lipinski definition) is 1. The van der Waals surface area contributed by atoms with E-state index in [2.05, 4.69) is 24.3 Å². The zero-order valence-corrected chi connectivity index (χ0v) is 9.84. The van der Waals surface area contributed by atoms with Crippen molar-refractivity contribution in [3.63, 3.8) is 0 Å². The van der Waals surface area contributed by atoms with Crippen LogP contribution in [0.1, 0.15) is 37.3 Å². The number of nitrogens with one attached hydrogen (secondary N) is 1. The molecule has 0 aromatic carbocycles. The molecule has 2 atom stereocenters. The zero-order valence-electron chi connectivity index (χ0n) is 9.84. The normalized spacial score (nSPS) is 14.9.